The summed E-state index contributed by atoms with van der Waals surface area (Å²) in [4.78, 5) is 14.0. The van der Waals surface area contributed by atoms with Crippen molar-refractivity contribution in [3.05, 3.63) is 65.7 Å². The molecule has 0 spiro atoms. The van der Waals surface area contributed by atoms with E-state index in [4.69, 9.17) is 0 Å². The number of nitrogens with zero attached hydrogens (tertiary/aromatic N) is 3. The number of amides is 2. The molecule has 0 aromatic heterocycles. The molecule has 2 aromatic carbocycles. The largest absolute Gasteiger partial charge is 0.338 e. The van der Waals surface area contributed by atoms with Gasteiger partial charge in [-0.2, -0.15) is 9.57 Å². The van der Waals surface area contributed by atoms with Gasteiger partial charge in [-0.25, -0.2) is 13.2 Å². The van der Waals surface area contributed by atoms with Gasteiger partial charge in [-0.1, -0.05) is 42.5 Å². The van der Waals surface area contributed by atoms with E-state index in [1.807, 2.05) is 24.3 Å². The Balaban J connectivity index is 1.48. The molecular formula is C21H24N4O3S. The Morgan fingerprint density at radius 2 is 1.66 bits per heavy atom. The monoisotopic (exact) mass is 412 g/mol. The summed E-state index contributed by atoms with van der Waals surface area (Å²) in [6.07, 6.45) is 1.74. The van der Waals surface area contributed by atoms with E-state index in [2.05, 4.69) is 17.4 Å². The van der Waals surface area contributed by atoms with Crippen LogP contribution in [0, 0.1) is 11.3 Å². The van der Waals surface area contributed by atoms with Gasteiger partial charge in [-0.15, -0.1) is 0 Å². The van der Waals surface area contributed by atoms with Crippen LogP contribution in [-0.4, -0.2) is 56.4 Å². The number of benzene rings is 2. The molecule has 1 aliphatic heterocycles. The minimum absolute atomic E-state index is 0.0151. The number of hydrogen-bond acceptors (Lipinski definition) is 4. The summed E-state index contributed by atoms with van der Waals surface area (Å²) in [6.45, 7) is 1.62. The number of nitriles is 1. The summed E-state index contributed by atoms with van der Waals surface area (Å²) < 4.78 is 27.0. The first-order valence-electron chi connectivity index (χ1n) is 9.58. The third-order valence-electron chi connectivity index (χ3n) is 4.91. The van der Waals surface area contributed by atoms with Crippen LogP contribution in [0.5, 0.6) is 0 Å². The highest BCUT2D eigenvalue weighted by molar-refractivity contribution is 7.89. The zero-order chi connectivity index (χ0) is 20.7. The fraction of sp³-hybridized carbons (Fsp3) is 0.333. The Morgan fingerprint density at radius 3 is 2.34 bits per heavy atom. The first kappa shape index (κ1) is 20.8. The number of carbonyl (C=O) groups excluding carboxylic acids is 1. The molecule has 1 fully saturated rings. The van der Waals surface area contributed by atoms with E-state index >= 15 is 0 Å². The summed E-state index contributed by atoms with van der Waals surface area (Å²) in [5, 5.41) is 12.1. The Kier molecular flexibility index (Phi) is 6.86. The number of aryl methyl sites for hydroxylation is 1. The topological polar surface area (TPSA) is 93.5 Å². The second-order valence-electron chi connectivity index (χ2n) is 6.82. The van der Waals surface area contributed by atoms with Crippen molar-refractivity contribution in [2.75, 3.05) is 32.7 Å². The molecule has 0 aliphatic carbocycles. The standard InChI is InChI=1S/C21H24N4O3S/c22-17-19-10-4-5-11-20(19)29(27,28)25-15-13-24(14-16-25)21(26)23-12-6-9-18-7-2-1-3-8-18/h1-5,7-8,10-11H,6,9,12-16H2,(H,23,26). The number of sulfonamides is 1. The fourth-order valence-electron chi connectivity index (χ4n) is 3.30. The third-order valence-corrected chi connectivity index (χ3v) is 6.87. The smallest absolute Gasteiger partial charge is 0.317 e. The van der Waals surface area contributed by atoms with Gasteiger partial charge < -0.3 is 10.2 Å². The molecule has 0 unspecified atom stereocenters. The highest BCUT2D eigenvalue weighted by Gasteiger charge is 2.31. The molecule has 0 atom stereocenters. The van der Waals surface area contributed by atoms with Gasteiger partial charge in [0.25, 0.3) is 0 Å². The van der Waals surface area contributed by atoms with Crippen LogP contribution in [0.25, 0.3) is 0 Å². The van der Waals surface area contributed by atoms with Crippen molar-refractivity contribution in [3.63, 3.8) is 0 Å². The van der Waals surface area contributed by atoms with Crippen molar-refractivity contribution in [1.29, 1.82) is 5.26 Å². The number of rotatable bonds is 6. The zero-order valence-electron chi connectivity index (χ0n) is 16.1. The molecule has 0 saturated carbocycles. The van der Waals surface area contributed by atoms with Crippen LogP contribution in [0.1, 0.15) is 17.5 Å². The van der Waals surface area contributed by atoms with Gasteiger partial charge in [0.15, 0.2) is 0 Å². The van der Waals surface area contributed by atoms with E-state index in [1.54, 1.807) is 17.0 Å². The van der Waals surface area contributed by atoms with Gasteiger partial charge in [-0.05, 0) is 30.5 Å². The van der Waals surface area contributed by atoms with Gasteiger partial charge in [0.2, 0.25) is 10.0 Å². The highest BCUT2D eigenvalue weighted by atomic mass is 32.2. The van der Waals surface area contributed by atoms with E-state index in [0.717, 1.165) is 12.8 Å². The summed E-state index contributed by atoms with van der Waals surface area (Å²) in [6, 6.07) is 18.0. The van der Waals surface area contributed by atoms with Crippen LogP contribution in [0.2, 0.25) is 0 Å². The summed E-state index contributed by atoms with van der Waals surface area (Å²) in [5.41, 5.74) is 1.37. The molecule has 3 rings (SSSR count). The maximum atomic E-state index is 12.8. The first-order chi connectivity index (χ1) is 14.0. The number of urea groups is 1. The molecule has 1 N–H and O–H groups in total. The summed E-state index contributed by atoms with van der Waals surface area (Å²) in [5.74, 6) is 0. The fourth-order valence-corrected chi connectivity index (χ4v) is 4.86. The van der Waals surface area contributed by atoms with Crippen LogP contribution in [0.3, 0.4) is 0 Å². The highest BCUT2D eigenvalue weighted by Crippen LogP contribution is 2.21. The quantitative estimate of drug-likeness (QED) is 0.736. The molecular weight excluding hydrogens is 388 g/mol. The van der Waals surface area contributed by atoms with Gasteiger partial charge in [0.1, 0.15) is 6.07 Å². The van der Waals surface area contributed by atoms with E-state index < -0.39 is 10.0 Å². The lowest BCUT2D eigenvalue weighted by Gasteiger charge is -2.34. The Labute approximate surface area is 171 Å². The molecule has 7 nitrogen and oxygen atoms in total. The van der Waals surface area contributed by atoms with Gasteiger partial charge >= 0.3 is 6.03 Å². The van der Waals surface area contributed by atoms with Crippen molar-refractivity contribution < 1.29 is 13.2 Å². The maximum absolute atomic E-state index is 12.8. The van der Waals surface area contributed by atoms with Gasteiger partial charge in [0, 0.05) is 32.7 Å². The van der Waals surface area contributed by atoms with E-state index in [9.17, 15) is 18.5 Å². The number of carbonyl (C=O) groups is 1. The predicted octanol–water partition coefficient (Wildman–Crippen LogP) is 2.21. The van der Waals surface area contributed by atoms with Crippen LogP contribution in [-0.2, 0) is 16.4 Å². The predicted molar refractivity (Wildman–Crippen MR) is 110 cm³/mol. The maximum Gasteiger partial charge on any atom is 0.317 e. The minimum atomic E-state index is -3.75. The first-order valence-corrected chi connectivity index (χ1v) is 11.0. The average molecular weight is 413 g/mol. The molecule has 29 heavy (non-hydrogen) atoms. The molecule has 2 aromatic rings. The summed E-state index contributed by atoms with van der Waals surface area (Å²) in [7, 11) is -3.75. The van der Waals surface area contributed by atoms with Crippen LogP contribution in [0.4, 0.5) is 4.79 Å². The molecule has 1 aliphatic rings. The number of hydrogen-bond donors (Lipinski definition) is 1. The summed E-state index contributed by atoms with van der Waals surface area (Å²) >= 11 is 0. The Morgan fingerprint density at radius 1 is 1.00 bits per heavy atom. The number of piperazine rings is 1. The van der Waals surface area contributed by atoms with Crippen molar-refractivity contribution in [2.45, 2.75) is 17.7 Å². The van der Waals surface area contributed by atoms with Gasteiger partial charge in [-0.3, -0.25) is 0 Å². The average Bonchev–Trinajstić information content (AvgIpc) is 2.77. The van der Waals surface area contributed by atoms with Crippen molar-refractivity contribution in [2.24, 2.45) is 0 Å². The second-order valence-corrected chi connectivity index (χ2v) is 8.73. The molecule has 1 saturated heterocycles. The van der Waals surface area contributed by atoms with Gasteiger partial charge in [0.05, 0.1) is 10.5 Å². The van der Waals surface area contributed by atoms with Crippen LogP contribution in [0.15, 0.2) is 59.5 Å². The minimum Gasteiger partial charge on any atom is -0.338 e. The lowest BCUT2D eigenvalue weighted by atomic mass is 10.1. The van der Waals surface area contributed by atoms with Crippen molar-refractivity contribution >= 4 is 16.1 Å². The second kappa shape index (κ2) is 9.54. The van der Waals surface area contributed by atoms with Crippen LogP contribution < -0.4 is 5.32 Å². The molecule has 0 bridgehead atoms. The zero-order valence-corrected chi connectivity index (χ0v) is 16.9. The lowest BCUT2D eigenvalue weighted by molar-refractivity contribution is 0.172. The van der Waals surface area contributed by atoms with Crippen LogP contribution >= 0.6 is 0 Å². The normalized spacial score (nSPS) is 14.9. The molecule has 0 radical (unpaired) electrons. The number of nitrogens with one attached hydrogen (secondary N) is 1. The molecule has 1 heterocycles. The molecule has 2 amide bonds. The lowest BCUT2D eigenvalue weighted by Crippen LogP contribution is -2.53. The Hall–Kier alpha value is -2.89. The van der Waals surface area contributed by atoms with E-state index in [1.165, 1.54) is 22.0 Å². The van der Waals surface area contributed by atoms with E-state index in [-0.39, 0.29) is 29.6 Å². The van der Waals surface area contributed by atoms with E-state index in [0.29, 0.717) is 19.6 Å². The Bertz CT molecular complexity index is 978. The third kappa shape index (κ3) is 5.13. The van der Waals surface area contributed by atoms with Crippen molar-refractivity contribution in [1.82, 2.24) is 14.5 Å². The molecule has 8 heteroatoms. The SMILES string of the molecule is N#Cc1ccccc1S(=O)(=O)N1CCN(C(=O)NCCCc2ccccc2)CC1. The molecule has 152 valence electrons. The van der Waals surface area contributed by atoms with Crippen molar-refractivity contribution in [3.8, 4) is 6.07 Å².